The van der Waals surface area contributed by atoms with Crippen LogP contribution < -0.4 is 10.9 Å². The van der Waals surface area contributed by atoms with Gasteiger partial charge in [0, 0.05) is 18.8 Å². The Bertz CT molecular complexity index is 822. The number of ether oxygens (including phenoxy) is 1. The fourth-order valence-electron chi connectivity index (χ4n) is 2.12. The number of amides is 1. The summed E-state index contributed by atoms with van der Waals surface area (Å²) in [7, 11) is 1.43. The lowest BCUT2D eigenvalue weighted by molar-refractivity contribution is -0.123. The van der Waals surface area contributed by atoms with E-state index in [-0.39, 0.29) is 11.3 Å². The van der Waals surface area contributed by atoms with Crippen LogP contribution in [0.1, 0.15) is 28.5 Å². The monoisotopic (exact) mass is 329 g/mol. The van der Waals surface area contributed by atoms with Crippen LogP contribution >= 0.6 is 0 Å². The van der Waals surface area contributed by atoms with Crippen molar-refractivity contribution in [3.63, 3.8) is 0 Å². The lowest BCUT2D eigenvalue weighted by Gasteiger charge is -2.16. The molecule has 2 aromatic rings. The van der Waals surface area contributed by atoms with Crippen LogP contribution in [0.4, 0.5) is 5.69 Å². The molecule has 0 aliphatic carbocycles. The van der Waals surface area contributed by atoms with Gasteiger partial charge in [-0.05, 0) is 38.0 Å². The molecule has 0 saturated heterocycles. The van der Waals surface area contributed by atoms with Crippen molar-refractivity contribution in [2.45, 2.75) is 26.9 Å². The van der Waals surface area contributed by atoms with Gasteiger partial charge >= 0.3 is 5.97 Å². The van der Waals surface area contributed by atoms with E-state index < -0.39 is 18.0 Å². The third-order valence-corrected chi connectivity index (χ3v) is 3.55. The average Bonchev–Trinajstić information content (AvgIpc) is 2.53. The molecule has 0 spiro atoms. The zero-order valence-electron chi connectivity index (χ0n) is 14.0. The molecule has 0 bridgehead atoms. The molecular formula is C17H19N3O4. The van der Waals surface area contributed by atoms with Gasteiger partial charge in [-0.15, -0.1) is 0 Å². The molecule has 2 rings (SSSR count). The van der Waals surface area contributed by atoms with Crippen LogP contribution in [0, 0.1) is 13.8 Å². The van der Waals surface area contributed by atoms with Crippen molar-refractivity contribution in [2.75, 3.05) is 5.32 Å². The molecule has 0 unspecified atom stereocenters. The zero-order chi connectivity index (χ0) is 17.9. The number of esters is 1. The Labute approximate surface area is 139 Å². The maximum atomic E-state index is 12.2. The van der Waals surface area contributed by atoms with E-state index in [1.165, 1.54) is 26.1 Å². The number of rotatable bonds is 4. The van der Waals surface area contributed by atoms with Crippen molar-refractivity contribution in [3.05, 3.63) is 57.5 Å². The Hall–Kier alpha value is -2.96. The molecule has 24 heavy (non-hydrogen) atoms. The van der Waals surface area contributed by atoms with Crippen molar-refractivity contribution in [1.82, 2.24) is 9.78 Å². The predicted molar refractivity (Wildman–Crippen MR) is 88.9 cm³/mol. The number of carbonyl (C=O) groups is 2. The summed E-state index contributed by atoms with van der Waals surface area (Å²) in [6.07, 6.45) is -1.00. The Kier molecular flexibility index (Phi) is 5.13. The number of hydrogen-bond acceptors (Lipinski definition) is 5. The van der Waals surface area contributed by atoms with Crippen LogP contribution in [0.25, 0.3) is 0 Å². The fourth-order valence-corrected chi connectivity index (χ4v) is 2.12. The van der Waals surface area contributed by atoms with Crippen molar-refractivity contribution >= 4 is 17.6 Å². The third kappa shape index (κ3) is 3.87. The van der Waals surface area contributed by atoms with Gasteiger partial charge < -0.3 is 10.1 Å². The molecule has 7 heteroatoms. The Balaban J connectivity index is 2.07. The molecule has 1 amide bonds. The van der Waals surface area contributed by atoms with Gasteiger partial charge in [0.15, 0.2) is 11.8 Å². The van der Waals surface area contributed by atoms with E-state index in [0.717, 1.165) is 15.8 Å². The molecule has 1 aromatic carbocycles. The summed E-state index contributed by atoms with van der Waals surface area (Å²) < 4.78 is 6.14. The topological polar surface area (TPSA) is 90.3 Å². The Morgan fingerprint density at radius 1 is 1.17 bits per heavy atom. The first-order valence-corrected chi connectivity index (χ1v) is 7.42. The second-order valence-electron chi connectivity index (χ2n) is 5.48. The van der Waals surface area contributed by atoms with Gasteiger partial charge in [-0.3, -0.25) is 9.59 Å². The Morgan fingerprint density at radius 3 is 2.38 bits per heavy atom. The summed E-state index contributed by atoms with van der Waals surface area (Å²) in [5, 5.41) is 6.56. The molecule has 126 valence electrons. The minimum absolute atomic E-state index is 0.0381. The zero-order valence-corrected chi connectivity index (χ0v) is 14.0. The lowest BCUT2D eigenvalue weighted by Crippen LogP contribution is -2.31. The molecule has 0 saturated carbocycles. The maximum Gasteiger partial charge on any atom is 0.359 e. The molecule has 1 aromatic heterocycles. The fraction of sp³-hybridized carbons (Fsp3) is 0.294. The van der Waals surface area contributed by atoms with Crippen molar-refractivity contribution < 1.29 is 14.3 Å². The third-order valence-electron chi connectivity index (χ3n) is 3.55. The van der Waals surface area contributed by atoms with Crippen LogP contribution in [0.15, 0.2) is 35.1 Å². The predicted octanol–water partition coefficient (Wildman–Crippen LogP) is 1.58. The number of nitrogens with zero attached hydrogens (tertiary/aromatic N) is 2. The molecule has 1 heterocycles. The minimum atomic E-state index is -1.00. The number of anilines is 1. The van der Waals surface area contributed by atoms with Gasteiger partial charge in [0.1, 0.15) is 0 Å². The van der Waals surface area contributed by atoms with E-state index in [0.29, 0.717) is 5.69 Å². The van der Waals surface area contributed by atoms with Crippen LogP contribution in [-0.2, 0) is 16.6 Å². The Morgan fingerprint density at radius 2 is 1.79 bits per heavy atom. The summed E-state index contributed by atoms with van der Waals surface area (Å²) in [6, 6.07) is 8.14. The molecule has 0 fully saturated rings. The summed E-state index contributed by atoms with van der Waals surface area (Å²) in [5.74, 6) is -1.21. The van der Waals surface area contributed by atoms with Crippen molar-refractivity contribution in [2.24, 2.45) is 7.05 Å². The molecule has 7 nitrogen and oxygen atoms in total. The molecule has 0 aliphatic heterocycles. The maximum absolute atomic E-state index is 12.2. The smallest absolute Gasteiger partial charge is 0.359 e. The van der Waals surface area contributed by atoms with Gasteiger partial charge in [0.2, 0.25) is 0 Å². The first-order valence-electron chi connectivity index (χ1n) is 7.42. The minimum Gasteiger partial charge on any atom is -0.448 e. The summed E-state index contributed by atoms with van der Waals surface area (Å²) in [6.45, 7) is 5.24. The number of para-hydroxylation sites is 1. The summed E-state index contributed by atoms with van der Waals surface area (Å²) >= 11 is 0. The molecule has 0 aliphatic rings. The molecule has 0 radical (unpaired) electrons. The number of nitrogens with one attached hydrogen (secondary N) is 1. The number of carbonyl (C=O) groups excluding carboxylic acids is 2. The SMILES string of the molecule is Cc1cccc(C)c1NC(=O)[C@@H](C)OC(=O)c1ccc(=O)n(C)n1. The van der Waals surface area contributed by atoms with Gasteiger partial charge in [0.05, 0.1) is 0 Å². The van der Waals surface area contributed by atoms with Gasteiger partial charge in [-0.25, -0.2) is 9.48 Å². The van der Waals surface area contributed by atoms with Gasteiger partial charge in [-0.1, -0.05) is 18.2 Å². The average molecular weight is 329 g/mol. The summed E-state index contributed by atoms with van der Waals surface area (Å²) in [4.78, 5) is 35.5. The standard InChI is InChI=1S/C17H19N3O4/c1-10-6-5-7-11(2)15(10)18-16(22)12(3)24-17(23)13-8-9-14(21)20(4)19-13/h5-9,12H,1-4H3,(H,18,22)/t12-/m1/s1. The largest absolute Gasteiger partial charge is 0.448 e. The molecule has 1 atom stereocenters. The highest BCUT2D eigenvalue weighted by atomic mass is 16.5. The van der Waals surface area contributed by atoms with Gasteiger partial charge in [-0.2, -0.15) is 5.10 Å². The van der Waals surface area contributed by atoms with Gasteiger partial charge in [0.25, 0.3) is 11.5 Å². The van der Waals surface area contributed by atoms with E-state index in [1.807, 2.05) is 32.0 Å². The van der Waals surface area contributed by atoms with Crippen LogP contribution in [0.5, 0.6) is 0 Å². The van der Waals surface area contributed by atoms with Crippen molar-refractivity contribution in [3.8, 4) is 0 Å². The number of aromatic nitrogens is 2. The lowest BCUT2D eigenvalue weighted by atomic mass is 10.1. The second kappa shape index (κ2) is 7.08. The highest BCUT2D eigenvalue weighted by molar-refractivity contribution is 5.97. The van der Waals surface area contributed by atoms with E-state index in [9.17, 15) is 14.4 Å². The highest BCUT2D eigenvalue weighted by Crippen LogP contribution is 2.19. The number of benzene rings is 1. The van der Waals surface area contributed by atoms with Crippen LogP contribution in [0.3, 0.4) is 0 Å². The van der Waals surface area contributed by atoms with Crippen molar-refractivity contribution in [1.29, 1.82) is 0 Å². The first-order chi connectivity index (χ1) is 11.3. The second-order valence-corrected chi connectivity index (χ2v) is 5.48. The molecular weight excluding hydrogens is 310 g/mol. The number of aryl methyl sites for hydroxylation is 3. The normalized spacial score (nSPS) is 11.7. The summed E-state index contributed by atoms with van der Waals surface area (Å²) in [5.41, 5.74) is 2.16. The molecule has 1 N–H and O–H groups in total. The van der Waals surface area contributed by atoms with E-state index in [1.54, 1.807) is 0 Å². The quantitative estimate of drug-likeness (QED) is 0.860. The van der Waals surface area contributed by atoms with E-state index in [2.05, 4.69) is 10.4 Å². The van der Waals surface area contributed by atoms with E-state index in [4.69, 9.17) is 4.74 Å². The van der Waals surface area contributed by atoms with Crippen LogP contribution in [0.2, 0.25) is 0 Å². The van der Waals surface area contributed by atoms with Crippen LogP contribution in [-0.4, -0.2) is 27.8 Å². The highest BCUT2D eigenvalue weighted by Gasteiger charge is 2.21. The first kappa shape index (κ1) is 17.4. The van der Waals surface area contributed by atoms with E-state index >= 15 is 0 Å². The number of hydrogen-bond donors (Lipinski definition) is 1.